The molecule has 3 nitrogen and oxygen atoms in total. The third kappa shape index (κ3) is 5.25. The van der Waals surface area contributed by atoms with Gasteiger partial charge in [-0.05, 0) is 24.6 Å². The molecule has 0 aliphatic carbocycles. The molecule has 0 bridgehead atoms. The summed E-state index contributed by atoms with van der Waals surface area (Å²) in [5, 5.41) is 0. The SMILES string of the molecule is COC(=O)/C(C)=C/C=C/C=C/c1ccc(OC)cc1. The predicted molar refractivity (Wildman–Crippen MR) is 76.9 cm³/mol. The molecule has 0 spiro atoms. The molecule has 3 heteroatoms. The maximum absolute atomic E-state index is 11.1. The number of hydrogen-bond donors (Lipinski definition) is 0. The van der Waals surface area contributed by atoms with Crippen molar-refractivity contribution in [2.45, 2.75) is 6.92 Å². The number of carbonyl (C=O) groups is 1. The molecule has 0 unspecified atom stereocenters. The second-order valence-corrected chi connectivity index (χ2v) is 3.86. The smallest absolute Gasteiger partial charge is 0.333 e. The molecule has 1 aromatic carbocycles. The van der Waals surface area contributed by atoms with Crippen molar-refractivity contribution in [3.8, 4) is 5.75 Å². The Balaban J connectivity index is 2.55. The summed E-state index contributed by atoms with van der Waals surface area (Å²) < 4.78 is 9.67. The molecule has 0 saturated carbocycles. The minimum atomic E-state index is -0.316. The molecule has 0 amide bonds. The number of benzene rings is 1. The first kappa shape index (κ1) is 14.8. The molecule has 100 valence electrons. The van der Waals surface area contributed by atoms with Gasteiger partial charge < -0.3 is 9.47 Å². The van der Waals surface area contributed by atoms with Gasteiger partial charge in [-0.2, -0.15) is 0 Å². The zero-order valence-corrected chi connectivity index (χ0v) is 11.4. The van der Waals surface area contributed by atoms with Gasteiger partial charge >= 0.3 is 5.97 Å². The van der Waals surface area contributed by atoms with Crippen molar-refractivity contribution in [2.75, 3.05) is 14.2 Å². The van der Waals surface area contributed by atoms with E-state index in [9.17, 15) is 4.79 Å². The van der Waals surface area contributed by atoms with Gasteiger partial charge in [0, 0.05) is 5.57 Å². The molecule has 0 aliphatic heterocycles. The molecule has 0 radical (unpaired) electrons. The average Bonchev–Trinajstić information content (AvgIpc) is 2.46. The van der Waals surface area contributed by atoms with Gasteiger partial charge in [-0.25, -0.2) is 4.79 Å². The summed E-state index contributed by atoms with van der Waals surface area (Å²) in [6.45, 7) is 1.71. The monoisotopic (exact) mass is 258 g/mol. The van der Waals surface area contributed by atoms with Crippen LogP contribution in [0.25, 0.3) is 6.08 Å². The Bertz CT molecular complexity index is 493. The van der Waals surface area contributed by atoms with E-state index in [2.05, 4.69) is 4.74 Å². The lowest BCUT2D eigenvalue weighted by molar-refractivity contribution is -0.136. The minimum absolute atomic E-state index is 0.316. The Morgan fingerprint density at radius 3 is 2.32 bits per heavy atom. The van der Waals surface area contributed by atoms with E-state index in [-0.39, 0.29) is 5.97 Å². The number of carbonyl (C=O) groups excluding carboxylic acids is 1. The van der Waals surface area contributed by atoms with Gasteiger partial charge in [-0.1, -0.05) is 42.5 Å². The van der Waals surface area contributed by atoms with E-state index in [1.54, 1.807) is 26.2 Å². The maximum Gasteiger partial charge on any atom is 0.333 e. The van der Waals surface area contributed by atoms with Crippen molar-refractivity contribution in [3.63, 3.8) is 0 Å². The van der Waals surface area contributed by atoms with E-state index in [0.29, 0.717) is 5.57 Å². The Morgan fingerprint density at radius 2 is 1.74 bits per heavy atom. The molecule has 1 aromatic rings. The van der Waals surface area contributed by atoms with Gasteiger partial charge in [0.25, 0.3) is 0 Å². The molecular weight excluding hydrogens is 240 g/mol. The zero-order chi connectivity index (χ0) is 14.1. The lowest BCUT2D eigenvalue weighted by Crippen LogP contribution is -2.00. The number of rotatable bonds is 5. The summed E-state index contributed by atoms with van der Waals surface area (Å²) in [6.07, 6.45) is 9.24. The van der Waals surface area contributed by atoms with Gasteiger partial charge in [0.2, 0.25) is 0 Å². The van der Waals surface area contributed by atoms with Crippen LogP contribution in [-0.2, 0) is 9.53 Å². The van der Waals surface area contributed by atoms with E-state index < -0.39 is 0 Å². The van der Waals surface area contributed by atoms with E-state index in [4.69, 9.17) is 4.74 Å². The Labute approximate surface area is 113 Å². The van der Waals surface area contributed by atoms with Crippen LogP contribution in [0.15, 0.2) is 54.1 Å². The summed E-state index contributed by atoms with van der Waals surface area (Å²) in [5.74, 6) is 0.521. The van der Waals surface area contributed by atoms with Gasteiger partial charge in [-0.3, -0.25) is 0 Å². The highest BCUT2D eigenvalue weighted by molar-refractivity contribution is 5.87. The molecule has 19 heavy (non-hydrogen) atoms. The van der Waals surface area contributed by atoms with Crippen LogP contribution < -0.4 is 4.74 Å². The fourth-order valence-electron chi connectivity index (χ4n) is 1.37. The summed E-state index contributed by atoms with van der Waals surface area (Å²) >= 11 is 0. The van der Waals surface area contributed by atoms with Crippen LogP contribution in [0.4, 0.5) is 0 Å². The fraction of sp³-hybridized carbons (Fsp3) is 0.188. The molecule has 0 fully saturated rings. The van der Waals surface area contributed by atoms with Crippen molar-refractivity contribution in [2.24, 2.45) is 0 Å². The molecule has 0 aliphatic rings. The summed E-state index contributed by atoms with van der Waals surface area (Å²) in [4.78, 5) is 11.1. The number of esters is 1. The normalized spacial score (nSPS) is 12.1. The topological polar surface area (TPSA) is 35.5 Å². The minimum Gasteiger partial charge on any atom is -0.497 e. The highest BCUT2D eigenvalue weighted by Crippen LogP contribution is 2.12. The van der Waals surface area contributed by atoms with E-state index >= 15 is 0 Å². The first-order valence-electron chi connectivity index (χ1n) is 5.91. The highest BCUT2D eigenvalue weighted by atomic mass is 16.5. The standard InChI is InChI=1S/C16H18O3/c1-13(16(17)19-3)7-5-4-6-8-14-9-11-15(18-2)12-10-14/h4-12H,1-3H3/b5-4+,8-6+,13-7+. The molecule has 0 saturated heterocycles. The summed E-state index contributed by atoms with van der Waals surface area (Å²) in [5.41, 5.74) is 1.65. The van der Waals surface area contributed by atoms with Crippen LogP contribution in [0.3, 0.4) is 0 Å². The van der Waals surface area contributed by atoms with Crippen molar-refractivity contribution >= 4 is 12.0 Å². The van der Waals surface area contributed by atoms with Gasteiger partial charge in [-0.15, -0.1) is 0 Å². The lowest BCUT2D eigenvalue weighted by atomic mass is 10.2. The van der Waals surface area contributed by atoms with Crippen LogP contribution in [0.1, 0.15) is 12.5 Å². The Kier molecular flexibility index (Phi) is 6.16. The molecule has 1 rings (SSSR count). The van der Waals surface area contributed by atoms with Gasteiger partial charge in [0.05, 0.1) is 14.2 Å². The Hall–Kier alpha value is -2.29. The molecule has 0 aromatic heterocycles. The lowest BCUT2D eigenvalue weighted by Gasteiger charge is -1.98. The highest BCUT2D eigenvalue weighted by Gasteiger charge is 1.99. The predicted octanol–water partition coefficient (Wildman–Crippen LogP) is 3.38. The van der Waals surface area contributed by atoms with Crippen molar-refractivity contribution in [3.05, 3.63) is 59.7 Å². The van der Waals surface area contributed by atoms with Gasteiger partial charge in [0.15, 0.2) is 0 Å². The van der Waals surface area contributed by atoms with E-state index in [1.807, 2.05) is 42.5 Å². The fourth-order valence-corrected chi connectivity index (χ4v) is 1.37. The van der Waals surface area contributed by atoms with Crippen LogP contribution >= 0.6 is 0 Å². The van der Waals surface area contributed by atoms with Crippen molar-refractivity contribution in [1.82, 2.24) is 0 Å². The van der Waals surface area contributed by atoms with Crippen LogP contribution in [0, 0.1) is 0 Å². The third-order valence-electron chi connectivity index (χ3n) is 2.48. The molecule has 0 heterocycles. The van der Waals surface area contributed by atoms with E-state index in [0.717, 1.165) is 11.3 Å². The van der Waals surface area contributed by atoms with Gasteiger partial charge in [0.1, 0.15) is 5.75 Å². The molecule has 0 atom stereocenters. The third-order valence-corrected chi connectivity index (χ3v) is 2.48. The average molecular weight is 258 g/mol. The second-order valence-electron chi connectivity index (χ2n) is 3.86. The van der Waals surface area contributed by atoms with Crippen molar-refractivity contribution in [1.29, 1.82) is 0 Å². The largest absolute Gasteiger partial charge is 0.497 e. The van der Waals surface area contributed by atoms with Crippen LogP contribution in [0.2, 0.25) is 0 Å². The maximum atomic E-state index is 11.1. The van der Waals surface area contributed by atoms with E-state index in [1.165, 1.54) is 7.11 Å². The van der Waals surface area contributed by atoms with Crippen LogP contribution in [0.5, 0.6) is 5.75 Å². The summed E-state index contributed by atoms with van der Waals surface area (Å²) in [6, 6.07) is 7.76. The zero-order valence-electron chi connectivity index (χ0n) is 11.4. The number of methoxy groups -OCH3 is 2. The second kappa shape index (κ2) is 7.93. The number of ether oxygens (including phenoxy) is 2. The first-order valence-corrected chi connectivity index (χ1v) is 5.91. The summed E-state index contributed by atoms with van der Waals surface area (Å²) in [7, 11) is 3.01. The number of hydrogen-bond acceptors (Lipinski definition) is 3. The van der Waals surface area contributed by atoms with Crippen LogP contribution in [-0.4, -0.2) is 20.2 Å². The molecular formula is C16H18O3. The molecule has 0 N–H and O–H groups in total. The quantitative estimate of drug-likeness (QED) is 0.461. The first-order chi connectivity index (χ1) is 9.17. The number of allylic oxidation sites excluding steroid dienone is 4. The van der Waals surface area contributed by atoms with Crippen molar-refractivity contribution < 1.29 is 14.3 Å². The Morgan fingerprint density at radius 1 is 1.05 bits per heavy atom.